The number of nitrogens with zero attached hydrogens (tertiary/aromatic N) is 3. The van der Waals surface area contributed by atoms with Gasteiger partial charge in [-0.05, 0) is 37.1 Å². The fourth-order valence-electron chi connectivity index (χ4n) is 1.87. The van der Waals surface area contributed by atoms with E-state index in [4.69, 9.17) is 0 Å². The predicted molar refractivity (Wildman–Crippen MR) is 81.4 cm³/mol. The van der Waals surface area contributed by atoms with Crippen LogP contribution in [0.15, 0.2) is 30.6 Å². The highest BCUT2D eigenvalue weighted by atomic mass is 16.6. The molecule has 0 aromatic carbocycles. The van der Waals surface area contributed by atoms with E-state index in [2.05, 4.69) is 20.6 Å². The Kier molecular flexibility index (Phi) is 4.65. The molecule has 0 radical (unpaired) electrons. The van der Waals surface area contributed by atoms with Crippen LogP contribution in [0.5, 0.6) is 0 Å². The van der Waals surface area contributed by atoms with Crippen LogP contribution in [0, 0.1) is 17.0 Å². The van der Waals surface area contributed by atoms with Gasteiger partial charge in [0.05, 0.1) is 4.92 Å². The molecule has 2 N–H and O–H groups in total. The molecule has 0 fully saturated rings. The van der Waals surface area contributed by atoms with Gasteiger partial charge in [0.2, 0.25) is 5.82 Å². The second-order valence-electron chi connectivity index (χ2n) is 4.51. The van der Waals surface area contributed by atoms with Gasteiger partial charge in [-0.3, -0.25) is 15.1 Å². The quantitative estimate of drug-likeness (QED) is 0.627. The molecular weight excluding hydrogens is 270 g/mol. The van der Waals surface area contributed by atoms with Crippen molar-refractivity contribution in [2.24, 2.45) is 0 Å². The molecule has 0 saturated carbocycles. The van der Waals surface area contributed by atoms with Gasteiger partial charge in [-0.15, -0.1) is 0 Å². The van der Waals surface area contributed by atoms with Gasteiger partial charge in [0.15, 0.2) is 0 Å². The van der Waals surface area contributed by atoms with Crippen LogP contribution in [-0.2, 0) is 6.54 Å². The molecule has 0 unspecified atom stereocenters. The van der Waals surface area contributed by atoms with Gasteiger partial charge in [-0.2, -0.15) is 0 Å². The van der Waals surface area contributed by atoms with E-state index in [1.54, 1.807) is 18.5 Å². The first-order chi connectivity index (χ1) is 10.1. The van der Waals surface area contributed by atoms with Crippen LogP contribution < -0.4 is 10.6 Å². The highest BCUT2D eigenvalue weighted by Gasteiger charge is 2.16. The van der Waals surface area contributed by atoms with E-state index in [-0.39, 0.29) is 11.5 Å². The minimum Gasteiger partial charge on any atom is -0.370 e. The third kappa shape index (κ3) is 3.65. The SMILES string of the molecule is CCNc1ccc([N+](=O)[O-])c(NCc2cnccc2C)n1. The molecule has 2 aromatic rings. The van der Waals surface area contributed by atoms with Crippen molar-refractivity contribution in [1.82, 2.24) is 9.97 Å². The molecule has 7 heteroatoms. The molecule has 2 rings (SSSR count). The number of nitrogens with one attached hydrogen (secondary N) is 2. The topological polar surface area (TPSA) is 93.0 Å². The van der Waals surface area contributed by atoms with Crippen LogP contribution in [-0.4, -0.2) is 21.4 Å². The lowest BCUT2D eigenvalue weighted by Crippen LogP contribution is -2.08. The van der Waals surface area contributed by atoms with E-state index in [9.17, 15) is 10.1 Å². The van der Waals surface area contributed by atoms with Crippen LogP contribution in [0.1, 0.15) is 18.1 Å². The van der Waals surface area contributed by atoms with Gasteiger partial charge in [-0.25, -0.2) is 4.98 Å². The summed E-state index contributed by atoms with van der Waals surface area (Å²) in [6.07, 6.45) is 3.45. The number of hydrogen-bond acceptors (Lipinski definition) is 6. The first-order valence-corrected chi connectivity index (χ1v) is 6.64. The van der Waals surface area contributed by atoms with Crippen molar-refractivity contribution in [3.05, 3.63) is 51.8 Å². The van der Waals surface area contributed by atoms with Crippen molar-refractivity contribution in [2.45, 2.75) is 20.4 Å². The Hall–Kier alpha value is -2.70. The Balaban J connectivity index is 2.22. The maximum Gasteiger partial charge on any atom is 0.311 e. The first kappa shape index (κ1) is 14.7. The fourth-order valence-corrected chi connectivity index (χ4v) is 1.87. The normalized spacial score (nSPS) is 10.2. The first-order valence-electron chi connectivity index (χ1n) is 6.64. The van der Waals surface area contributed by atoms with E-state index in [0.717, 1.165) is 11.1 Å². The maximum atomic E-state index is 11.1. The molecule has 0 atom stereocenters. The Bertz CT molecular complexity index is 645. The Morgan fingerprint density at radius 1 is 1.29 bits per heavy atom. The largest absolute Gasteiger partial charge is 0.370 e. The smallest absolute Gasteiger partial charge is 0.311 e. The molecule has 2 heterocycles. The van der Waals surface area contributed by atoms with Crippen molar-refractivity contribution in [3.8, 4) is 0 Å². The van der Waals surface area contributed by atoms with E-state index in [1.165, 1.54) is 6.07 Å². The number of pyridine rings is 2. The lowest BCUT2D eigenvalue weighted by Gasteiger charge is -2.10. The van der Waals surface area contributed by atoms with E-state index >= 15 is 0 Å². The van der Waals surface area contributed by atoms with Crippen LogP contribution in [0.4, 0.5) is 17.3 Å². The highest BCUT2D eigenvalue weighted by molar-refractivity contribution is 5.60. The van der Waals surface area contributed by atoms with Crippen molar-refractivity contribution >= 4 is 17.3 Å². The average Bonchev–Trinajstić information content (AvgIpc) is 2.46. The summed E-state index contributed by atoms with van der Waals surface area (Å²) in [5, 5.41) is 17.1. The second kappa shape index (κ2) is 6.65. The molecule has 110 valence electrons. The fraction of sp³-hybridized carbons (Fsp3) is 0.286. The molecule has 0 aliphatic rings. The standard InChI is InChI=1S/C14H17N5O2/c1-3-16-13-5-4-12(19(20)21)14(18-13)17-9-11-8-15-7-6-10(11)2/h4-8H,3,9H2,1-2H3,(H2,16,17,18). The maximum absolute atomic E-state index is 11.1. The van der Waals surface area contributed by atoms with E-state index in [0.29, 0.717) is 18.9 Å². The zero-order valence-corrected chi connectivity index (χ0v) is 12.0. The summed E-state index contributed by atoms with van der Waals surface area (Å²) in [6.45, 7) is 5.04. The van der Waals surface area contributed by atoms with Crippen LogP contribution >= 0.6 is 0 Å². The average molecular weight is 287 g/mol. The van der Waals surface area contributed by atoms with Crippen LogP contribution in [0.2, 0.25) is 0 Å². The summed E-state index contributed by atoms with van der Waals surface area (Å²) < 4.78 is 0. The lowest BCUT2D eigenvalue weighted by atomic mass is 10.1. The third-order valence-electron chi connectivity index (χ3n) is 3.02. The number of nitro groups is 1. The molecule has 2 aromatic heterocycles. The summed E-state index contributed by atoms with van der Waals surface area (Å²) in [5.74, 6) is 0.857. The molecule has 7 nitrogen and oxygen atoms in total. The summed E-state index contributed by atoms with van der Waals surface area (Å²) in [6, 6.07) is 4.94. The van der Waals surface area contributed by atoms with Crippen molar-refractivity contribution < 1.29 is 4.92 Å². The third-order valence-corrected chi connectivity index (χ3v) is 3.02. The van der Waals surface area contributed by atoms with Gasteiger partial charge >= 0.3 is 5.69 Å². The zero-order chi connectivity index (χ0) is 15.2. The van der Waals surface area contributed by atoms with E-state index in [1.807, 2.05) is 19.9 Å². The Morgan fingerprint density at radius 2 is 2.10 bits per heavy atom. The second-order valence-corrected chi connectivity index (χ2v) is 4.51. The molecule has 0 saturated heterocycles. The molecule has 0 spiro atoms. The molecule has 0 aliphatic heterocycles. The number of rotatable bonds is 6. The molecule has 0 amide bonds. The molecular formula is C14H17N5O2. The van der Waals surface area contributed by atoms with Gasteiger partial charge in [0, 0.05) is 31.5 Å². The molecule has 21 heavy (non-hydrogen) atoms. The number of hydrogen-bond donors (Lipinski definition) is 2. The Morgan fingerprint density at radius 3 is 2.76 bits per heavy atom. The van der Waals surface area contributed by atoms with Crippen LogP contribution in [0.25, 0.3) is 0 Å². The zero-order valence-electron chi connectivity index (χ0n) is 12.0. The molecule has 0 aliphatic carbocycles. The Labute approximate surface area is 122 Å². The summed E-state index contributed by atoms with van der Waals surface area (Å²) >= 11 is 0. The van der Waals surface area contributed by atoms with Gasteiger partial charge < -0.3 is 10.6 Å². The minimum absolute atomic E-state index is 0.0433. The minimum atomic E-state index is -0.443. The summed E-state index contributed by atoms with van der Waals surface area (Å²) in [5.41, 5.74) is 2.00. The van der Waals surface area contributed by atoms with E-state index < -0.39 is 4.92 Å². The number of anilines is 2. The van der Waals surface area contributed by atoms with Gasteiger partial charge in [0.25, 0.3) is 0 Å². The monoisotopic (exact) mass is 287 g/mol. The van der Waals surface area contributed by atoms with Crippen molar-refractivity contribution in [2.75, 3.05) is 17.2 Å². The number of aryl methyl sites for hydroxylation is 1. The van der Waals surface area contributed by atoms with Gasteiger partial charge in [-0.1, -0.05) is 0 Å². The van der Waals surface area contributed by atoms with Crippen molar-refractivity contribution in [3.63, 3.8) is 0 Å². The lowest BCUT2D eigenvalue weighted by molar-refractivity contribution is -0.384. The van der Waals surface area contributed by atoms with Crippen molar-refractivity contribution in [1.29, 1.82) is 0 Å². The molecule has 0 bridgehead atoms. The van der Waals surface area contributed by atoms with Gasteiger partial charge in [0.1, 0.15) is 5.82 Å². The predicted octanol–water partition coefficient (Wildman–Crippen LogP) is 2.74. The summed E-state index contributed by atoms with van der Waals surface area (Å²) in [4.78, 5) is 18.9. The summed E-state index contributed by atoms with van der Waals surface area (Å²) in [7, 11) is 0. The van der Waals surface area contributed by atoms with Crippen LogP contribution in [0.3, 0.4) is 0 Å². The number of aromatic nitrogens is 2. The highest BCUT2D eigenvalue weighted by Crippen LogP contribution is 2.24.